The minimum atomic E-state index is 0.293. The molecule has 2 heterocycles. The van der Waals surface area contributed by atoms with Gasteiger partial charge in [-0.1, -0.05) is 24.3 Å². The standard InChI is InChI=1S/2C11H11NO/c2*1-7-6-8(2)11(13)10-9(7)4-3-5-12-10/h2*3-6,13H,1-2H3. The molecule has 0 radical (unpaired) electrons. The van der Waals surface area contributed by atoms with Gasteiger partial charge in [-0.15, -0.1) is 0 Å². The van der Waals surface area contributed by atoms with Crippen molar-refractivity contribution in [3.8, 4) is 11.5 Å². The van der Waals surface area contributed by atoms with Gasteiger partial charge in [-0.25, -0.2) is 0 Å². The van der Waals surface area contributed by atoms with Crippen LogP contribution in [-0.4, -0.2) is 20.2 Å². The minimum Gasteiger partial charge on any atom is -0.505 e. The number of aryl methyl sites for hydroxylation is 4. The summed E-state index contributed by atoms with van der Waals surface area (Å²) >= 11 is 0. The average Bonchev–Trinajstić information content (AvgIpc) is 2.65. The lowest BCUT2D eigenvalue weighted by molar-refractivity contribution is 0.475. The van der Waals surface area contributed by atoms with Crippen LogP contribution in [0.25, 0.3) is 21.8 Å². The fourth-order valence-corrected chi connectivity index (χ4v) is 3.14. The Morgan fingerprint density at radius 2 is 1.00 bits per heavy atom. The molecular formula is C22H22N2O2. The van der Waals surface area contributed by atoms with E-state index in [0.29, 0.717) is 22.5 Å². The molecule has 0 aliphatic heterocycles. The molecule has 0 aliphatic rings. The number of nitrogens with zero attached hydrogens (tertiary/aromatic N) is 2. The summed E-state index contributed by atoms with van der Waals surface area (Å²) in [4.78, 5) is 8.30. The second-order valence-corrected chi connectivity index (χ2v) is 6.52. The van der Waals surface area contributed by atoms with Crippen molar-refractivity contribution in [1.29, 1.82) is 0 Å². The van der Waals surface area contributed by atoms with Crippen LogP contribution in [0.1, 0.15) is 22.3 Å². The number of aromatic nitrogens is 2. The molecule has 0 aliphatic carbocycles. The lowest BCUT2D eigenvalue weighted by Crippen LogP contribution is -1.85. The third-order valence-electron chi connectivity index (χ3n) is 4.53. The maximum absolute atomic E-state index is 9.72. The van der Waals surface area contributed by atoms with Crippen LogP contribution in [0.15, 0.2) is 48.8 Å². The van der Waals surface area contributed by atoms with Gasteiger partial charge in [-0.2, -0.15) is 0 Å². The fourth-order valence-electron chi connectivity index (χ4n) is 3.14. The number of phenolic OH excluding ortho intramolecular Hbond substituents is 2. The van der Waals surface area contributed by atoms with Crippen molar-refractivity contribution in [3.05, 3.63) is 71.0 Å². The van der Waals surface area contributed by atoms with E-state index in [9.17, 15) is 10.2 Å². The lowest BCUT2D eigenvalue weighted by Gasteiger charge is -2.05. The van der Waals surface area contributed by atoms with Gasteiger partial charge in [0.15, 0.2) is 0 Å². The summed E-state index contributed by atoms with van der Waals surface area (Å²) in [5, 5.41) is 21.5. The Kier molecular flexibility index (Phi) is 4.76. The van der Waals surface area contributed by atoms with Gasteiger partial charge in [0.05, 0.1) is 0 Å². The maximum atomic E-state index is 9.72. The van der Waals surface area contributed by atoms with Gasteiger partial charge in [0.2, 0.25) is 0 Å². The van der Waals surface area contributed by atoms with Gasteiger partial charge >= 0.3 is 0 Å². The number of hydrogen-bond donors (Lipinski definition) is 2. The van der Waals surface area contributed by atoms with E-state index in [2.05, 4.69) is 9.97 Å². The van der Waals surface area contributed by atoms with Crippen LogP contribution in [-0.2, 0) is 0 Å². The van der Waals surface area contributed by atoms with Crippen LogP contribution in [0.5, 0.6) is 11.5 Å². The molecule has 26 heavy (non-hydrogen) atoms. The Balaban J connectivity index is 0.000000151. The Morgan fingerprint density at radius 1 is 0.615 bits per heavy atom. The summed E-state index contributed by atoms with van der Waals surface area (Å²) in [6, 6.07) is 11.6. The van der Waals surface area contributed by atoms with Gasteiger partial charge in [0, 0.05) is 23.2 Å². The topological polar surface area (TPSA) is 66.2 Å². The van der Waals surface area contributed by atoms with E-state index in [1.807, 2.05) is 64.1 Å². The van der Waals surface area contributed by atoms with Crippen molar-refractivity contribution >= 4 is 21.8 Å². The number of fused-ring (bicyclic) bond motifs is 2. The van der Waals surface area contributed by atoms with E-state index >= 15 is 0 Å². The SMILES string of the molecule is Cc1cc(C)c2cccnc2c1O.Cc1cc(C)c2cccnc2c1O. The molecule has 0 amide bonds. The second kappa shape index (κ2) is 7.00. The Bertz CT molecular complexity index is 1010. The number of phenols is 2. The first-order chi connectivity index (χ1) is 12.4. The summed E-state index contributed by atoms with van der Waals surface area (Å²) in [6.07, 6.45) is 3.39. The summed E-state index contributed by atoms with van der Waals surface area (Å²) in [5.74, 6) is 0.586. The van der Waals surface area contributed by atoms with Crippen molar-refractivity contribution in [2.45, 2.75) is 27.7 Å². The number of hydrogen-bond acceptors (Lipinski definition) is 4. The molecule has 0 saturated heterocycles. The highest BCUT2D eigenvalue weighted by molar-refractivity contribution is 5.88. The molecule has 4 nitrogen and oxygen atoms in total. The highest BCUT2D eigenvalue weighted by Crippen LogP contribution is 2.29. The monoisotopic (exact) mass is 346 g/mol. The molecule has 0 spiro atoms. The molecule has 0 fully saturated rings. The van der Waals surface area contributed by atoms with Crippen molar-refractivity contribution in [1.82, 2.24) is 9.97 Å². The van der Waals surface area contributed by atoms with Crippen molar-refractivity contribution < 1.29 is 10.2 Å². The number of benzene rings is 2. The van der Waals surface area contributed by atoms with Crippen molar-refractivity contribution in [3.63, 3.8) is 0 Å². The van der Waals surface area contributed by atoms with E-state index in [4.69, 9.17) is 0 Å². The first-order valence-corrected chi connectivity index (χ1v) is 8.48. The minimum absolute atomic E-state index is 0.293. The zero-order valence-electron chi connectivity index (χ0n) is 15.4. The first-order valence-electron chi connectivity index (χ1n) is 8.48. The zero-order valence-corrected chi connectivity index (χ0v) is 15.4. The van der Waals surface area contributed by atoms with E-state index in [0.717, 1.165) is 33.0 Å². The van der Waals surface area contributed by atoms with Crippen LogP contribution in [0.4, 0.5) is 0 Å². The molecule has 132 valence electrons. The van der Waals surface area contributed by atoms with Crippen LogP contribution in [0, 0.1) is 27.7 Å². The number of pyridine rings is 2. The Morgan fingerprint density at radius 3 is 1.38 bits per heavy atom. The molecule has 4 heteroatoms. The molecule has 4 aromatic rings. The molecule has 2 N–H and O–H groups in total. The summed E-state index contributed by atoms with van der Waals surface area (Å²) in [6.45, 7) is 7.82. The summed E-state index contributed by atoms with van der Waals surface area (Å²) in [7, 11) is 0. The van der Waals surface area contributed by atoms with E-state index in [1.165, 1.54) is 0 Å². The number of aromatic hydroxyl groups is 2. The fraction of sp³-hybridized carbons (Fsp3) is 0.182. The molecule has 0 unspecified atom stereocenters. The lowest BCUT2D eigenvalue weighted by atomic mass is 10.1. The van der Waals surface area contributed by atoms with E-state index in [-0.39, 0.29) is 0 Å². The third kappa shape index (κ3) is 3.18. The third-order valence-corrected chi connectivity index (χ3v) is 4.53. The maximum Gasteiger partial charge on any atom is 0.144 e. The smallest absolute Gasteiger partial charge is 0.144 e. The van der Waals surface area contributed by atoms with Crippen molar-refractivity contribution in [2.75, 3.05) is 0 Å². The molecule has 0 atom stereocenters. The van der Waals surface area contributed by atoms with E-state index < -0.39 is 0 Å². The Hall–Kier alpha value is -3.14. The second-order valence-electron chi connectivity index (χ2n) is 6.52. The van der Waals surface area contributed by atoms with Crippen molar-refractivity contribution in [2.24, 2.45) is 0 Å². The van der Waals surface area contributed by atoms with Crippen LogP contribution in [0.3, 0.4) is 0 Å². The zero-order chi connectivity index (χ0) is 18.8. The molecular weight excluding hydrogens is 324 g/mol. The van der Waals surface area contributed by atoms with Gasteiger partial charge in [-0.05, 0) is 62.1 Å². The largest absolute Gasteiger partial charge is 0.505 e. The number of rotatable bonds is 0. The van der Waals surface area contributed by atoms with Gasteiger partial charge in [0.1, 0.15) is 22.5 Å². The molecule has 0 saturated carbocycles. The van der Waals surface area contributed by atoms with Crippen LogP contribution < -0.4 is 0 Å². The first kappa shape index (κ1) is 17.7. The summed E-state index contributed by atoms with van der Waals surface area (Å²) < 4.78 is 0. The average molecular weight is 346 g/mol. The molecule has 2 aromatic heterocycles. The van der Waals surface area contributed by atoms with Crippen LogP contribution >= 0.6 is 0 Å². The van der Waals surface area contributed by atoms with E-state index in [1.54, 1.807) is 12.4 Å². The Labute approximate surface area is 152 Å². The predicted molar refractivity (Wildman–Crippen MR) is 106 cm³/mol. The molecule has 4 rings (SSSR count). The quantitative estimate of drug-likeness (QED) is 0.464. The molecule has 2 aromatic carbocycles. The highest BCUT2D eigenvalue weighted by atomic mass is 16.3. The predicted octanol–water partition coefficient (Wildman–Crippen LogP) is 5.11. The van der Waals surface area contributed by atoms with Crippen LogP contribution in [0.2, 0.25) is 0 Å². The normalized spacial score (nSPS) is 10.6. The highest BCUT2D eigenvalue weighted by Gasteiger charge is 2.06. The summed E-state index contributed by atoms with van der Waals surface area (Å²) in [5.41, 5.74) is 5.45. The van der Waals surface area contributed by atoms with Gasteiger partial charge in [-0.3, -0.25) is 9.97 Å². The van der Waals surface area contributed by atoms with Gasteiger partial charge < -0.3 is 10.2 Å². The van der Waals surface area contributed by atoms with Gasteiger partial charge in [0.25, 0.3) is 0 Å². The molecule has 0 bridgehead atoms.